The molecular weight excluding hydrogens is 469 g/mol. The van der Waals surface area contributed by atoms with Crippen LogP contribution in [0.1, 0.15) is 17.7 Å². The average molecular weight is 482 g/mol. The number of alkyl halides is 5. The lowest BCUT2D eigenvalue weighted by molar-refractivity contribution is -0.274. The first-order valence-electron chi connectivity index (χ1n) is 8.61. The van der Waals surface area contributed by atoms with Gasteiger partial charge >= 0.3 is 6.36 Å². The van der Waals surface area contributed by atoms with Gasteiger partial charge in [-0.2, -0.15) is 5.10 Å². The Morgan fingerprint density at radius 3 is 2.09 bits per heavy atom. The number of hydrogen-bond donors (Lipinski definition) is 0. The minimum atomic E-state index is -4.95. The normalized spacial score (nSPS) is 12.4. The van der Waals surface area contributed by atoms with Crippen LogP contribution in [0.5, 0.6) is 5.75 Å². The fourth-order valence-electron chi connectivity index (χ4n) is 2.98. The highest BCUT2D eigenvalue weighted by Crippen LogP contribution is 2.34. The third-order valence-corrected chi connectivity index (χ3v) is 5.38. The van der Waals surface area contributed by atoms with Crippen LogP contribution in [0.15, 0.2) is 41.3 Å². The van der Waals surface area contributed by atoms with Gasteiger partial charge in [0.1, 0.15) is 28.0 Å². The molecule has 0 aliphatic carbocycles. The summed E-state index contributed by atoms with van der Waals surface area (Å²) in [6, 6.07) is 5.34. The zero-order valence-corrected chi connectivity index (χ0v) is 17.0. The van der Waals surface area contributed by atoms with Gasteiger partial charge in [0.15, 0.2) is 9.84 Å². The van der Waals surface area contributed by atoms with Crippen LogP contribution in [0.25, 0.3) is 16.9 Å². The van der Waals surface area contributed by atoms with Crippen molar-refractivity contribution in [2.45, 2.75) is 24.6 Å². The minimum absolute atomic E-state index is 0.00374. The summed E-state index contributed by atoms with van der Waals surface area (Å²) in [7, 11) is -4.26. The van der Waals surface area contributed by atoms with Gasteiger partial charge in [-0.25, -0.2) is 30.7 Å². The Morgan fingerprint density at radius 1 is 1.03 bits per heavy atom. The zero-order valence-electron chi connectivity index (χ0n) is 16.2. The molecule has 2 aromatic carbocycles. The lowest BCUT2D eigenvalue weighted by Crippen LogP contribution is -2.17. The van der Waals surface area contributed by atoms with E-state index in [4.69, 9.17) is 0 Å². The molecule has 0 fully saturated rings. The first-order valence-corrected chi connectivity index (χ1v) is 10.5. The number of sulfone groups is 1. The van der Waals surface area contributed by atoms with Crippen molar-refractivity contribution in [2.24, 2.45) is 0 Å². The van der Waals surface area contributed by atoms with Gasteiger partial charge in [-0.05, 0) is 36.8 Å². The lowest BCUT2D eigenvalue weighted by atomic mass is 10.1. The van der Waals surface area contributed by atoms with E-state index in [9.17, 15) is 39.2 Å². The SMILES string of the molecule is Cc1cc(-c2cc(C(F)F)nn2-c2cc(F)c(S(C)(=O)=O)c(F)c2)ccc1OC(F)(F)F. The van der Waals surface area contributed by atoms with Crippen LogP contribution in [0.3, 0.4) is 0 Å². The second-order valence-corrected chi connectivity index (χ2v) is 8.66. The first kappa shape index (κ1) is 23.6. The maximum Gasteiger partial charge on any atom is 0.573 e. The molecule has 1 aromatic heterocycles. The molecule has 0 spiro atoms. The molecule has 0 amide bonds. The van der Waals surface area contributed by atoms with E-state index < -0.39 is 56.3 Å². The molecule has 0 saturated carbocycles. The molecule has 0 radical (unpaired) electrons. The molecule has 0 atom stereocenters. The van der Waals surface area contributed by atoms with Gasteiger partial charge in [0.05, 0.1) is 11.4 Å². The van der Waals surface area contributed by atoms with Crippen LogP contribution in [-0.4, -0.2) is 30.8 Å². The second-order valence-electron chi connectivity index (χ2n) is 6.71. The Bertz CT molecular complexity index is 1260. The molecule has 0 N–H and O–H groups in total. The van der Waals surface area contributed by atoms with E-state index in [1.54, 1.807) is 0 Å². The molecule has 3 rings (SSSR count). The molecule has 5 nitrogen and oxygen atoms in total. The van der Waals surface area contributed by atoms with Crippen LogP contribution in [0, 0.1) is 18.6 Å². The number of rotatable bonds is 5. The summed E-state index contributed by atoms with van der Waals surface area (Å²) in [4.78, 5) is -1.20. The van der Waals surface area contributed by atoms with E-state index >= 15 is 0 Å². The average Bonchev–Trinajstić information content (AvgIpc) is 3.06. The highest BCUT2D eigenvalue weighted by molar-refractivity contribution is 7.90. The topological polar surface area (TPSA) is 61.2 Å². The molecule has 0 aliphatic heterocycles. The highest BCUT2D eigenvalue weighted by Gasteiger charge is 2.32. The van der Waals surface area contributed by atoms with Crippen molar-refractivity contribution in [3.8, 4) is 22.7 Å². The summed E-state index contributed by atoms with van der Waals surface area (Å²) in [6.45, 7) is 1.28. The Morgan fingerprint density at radius 2 is 1.62 bits per heavy atom. The van der Waals surface area contributed by atoms with Gasteiger partial charge in [-0.15, -0.1) is 13.2 Å². The van der Waals surface area contributed by atoms with Crippen LogP contribution in [0.2, 0.25) is 0 Å². The van der Waals surface area contributed by atoms with Gasteiger partial charge in [-0.1, -0.05) is 0 Å². The number of ether oxygens (including phenoxy) is 1. The van der Waals surface area contributed by atoms with Gasteiger partial charge in [0, 0.05) is 24.0 Å². The summed E-state index contributed by atoms with van der Waals surface area (Å²) in [5.41, 5.74) is -1.24. The molecule has 172 valence electrons. The molecule has 0 unspecified atom stereocenters. The van der Waals surface area contributed by atoms with Crippen molar-refractivity contribution in [1.82, 2.24) is 9.78 Å². The van der Waals surface area contributed by atoms with Crippen molar-refractivity contribution in [1.29, 1.82) is 0 Å². The zero-order chi connectivity index (χ0) is 24.0. The quantitative estimate of drug-likeness (QED) is 0.459. The van der Waals surface area contributed by atoms with Gasteiger partial charge < -0.3 is 4.74 Å². The molecule has 32 heavy (non-hydrogen) atoms. The Balaban J connectivity index is 2.18. The number of halogens is 7. The Labute approximate surface area is 177 Å². The lowest BCUT2D eigenvalue weighted by Gasteiger charge is -2.14. The third kappa shape index (κ3) is 4.87. The maximum absolute atomic E-state index is 14.3. The van der Waals surface area contributed by atoms with Crippen molar-refractivity contribution >= 4 is 9.84 Å². The van der Waals surface area contributed by atoms with E-state index in [1.165, 1.54) is 13.0 Å². The summed E-state index contributed by atoms with van der Waals surface area (Å²) >= 11 is 0. The molecule has 1 heterocycles. The number of hydrogen-bond acceptors (Lipinski definition) is 4. The molecule has 13 heteroatoms. The summed E-state index contributed by atoms with van der Waals surface area (Å²) in [6.07, 6.45) is -7.43. The predicted molar refractivity (Wildman–Crippen MR) is 98.4 cm³/mol. The first-order chi connectivity index (χ1) is 14.7. The molecule has 0 aliphatic rings. The summed E-state index contributed by atoms with van der Waals surface area (Å²) in [5.74, 6) is -3.46. The van der Waals surface area contributed by atoms with Crippen LogP contribution in [0.4, 0.5) is 30.7 Å². The van der Waals surface area contributed by atoms with Crippen LogP contribution < -0.4 is 4.74 Å². The van der Waals surface area contributed by atoms with Gasteiger partial charge in [0.2, 0.25) is 0 Å². The van der Waals surface area contributed by atoms with Crippen molar-refractivity contribution in [3.63, 3.8) is 0 Å². The van der Waals surface area contributed by atoms with E-state index in [0.717, 1.165) is 22.9 Å². The van der Waals surface area contributed by atoms with Crippen molar-refractivity contribution in [2.75, 3.05) is 6.26 Å². The fraction of sp³-hybridized carbons (Fsp3) is 0.211. The van der Waals surface area contributed by atoms with Crippen LogP contribution in [-0.2, 0) is 9.84 Å². The van der Waals surface area contributed by atoms with Gasteiger partial charge in [-0.3, -0.25) is 0 Å². The smallest absolute Gasteiger partial charge is 0.406 e. The monoisotopic (exact) mass is 482 g/mol. The predicted octanol–water partition coefficient (Wildman–Crippen LogP) is 5.37. The van der Waals surface area contributed by atoms with Crippen molar-refractivity contribution < 1.29 is 43.9 Å². The molecule has 0 bridgehead atoms. The Kier molecular flexibility index (Phi) is 5.98. The van der Waals surface area contributed by atoms with Gasteiger partial charge in [0.25, 0.3) is 6.43 Å². The van der Waals surface area contributed by atoms with E-state index in [-0.39, 0.29) is 16.8 Å². The van der Waals surface area contributed by atoms with Crippen LogP contribution >= 0.6 is 0 Å². The number of benzene rings is 2. The summed E-state index contributed by atoms with van der Waals surface area (Å²) in [5, 5.41) is 3.61. The van der Waals surface area contributed by atoms with E-state index in [2.05, 4.69) is 9.84 Å². The van der Waals surface area contributed by atoms with E-state index in [1.807, 2.05) is 0 Å². The second kappa shape index (κ2) is 8.11. The maximum atomic E-state index is 14.3. The molecule has 0 saturated heterocycles. The third-order valence-electron chi connectivity index (χ3n) is 4.25. The molecular formula is C19H13F7N2O3S. The number of nitrogens with zero attached hydrogens (tertiary/aromatic N) is 2. The van der Waals surface area contributed by atoms with Crippen molar-refractivity contribution in [3.05, 3.63) is 59.3 Å². The van der Waals surface area contributed by atoms with E-state index in [0.29, 0.717) is 18.4 Å². The largest absolute Gasteiger partial charge is 0.573 e. The number of aryl methyl sites for hydroxylation is 1. The highest BCUT2D eigenvalue weighted by atomic mass is 32.2. The minimum Gasteiger partial charge on any atom is -0.406 e. The summed E-state index contributed by atoms with van der Waals surface area (Å²) < 4.78 is 120. The fourth-order valence-corrected chi connectivity index (χ4v) is 3.81. The standard InChI is InChI=1S/C19H13F7N2O3S/c1-9-5-10(3-4-16(9)31-19(24,25)26)15-8-14(18(22)23)27-28(15)11-6-12(20)17(13(21)7-11)32(2,29)30/h3-8,18H,1-2H3. The number of aromatic nitrogens is 2. The molecule has 3 aromatic rings. The Hall–Kier alpha value is -3.09.